The lowest BCUT2D eigenvalue weighted by molar-refractivity contribution is -0.0203. The molecular weight excluding hydrogens is 274 g/mol. The van der Waals surface area contributed by atoms with E-state index in [9.17, 15) is 0 Å². The fourth-order valence-electron chi connectivity index (χ4n) is 1.93. The minimum atomic E-state index is -0.202. The van der Waals surface area contributed by atoms with Gasteiger partial charge in [-0.3, -0.25) is 0 Å². The first-order valence-electron chi connectivity index (χ1n) is 6.63. The molecule has 0 fully saturated rings. The van der Waals surface area contributed by atoms with Gasteiger partial charge in [0.05, 0.1) is 5.69 Å². The number of hydrogen-bond acceptors (Lipinski definition) is 6. The lowest BCUT2D eigenvalue weighted by Crippen LogP contribution is -2.22. The van der Waals surface area contributed by atoms with E-state index in [1.54, 1.807) is 0 Å². The molecule has 110 valence electrons. The summed E-state index contributed by atoms with van der Waals surface area (Å²) in [5, 5.41) is 6.05. The van der Waals surface area contributed by atoms with E-state index in [0.717, 1.165) is 10.4 Å². The number of hydrogen-bond donors (Lipinski definition) is 1. The van der Waals surface area contributed by atoms with E-state index in [-0.39, 0.29) is 11.5 Å². The Kier molecular flexibility index (Phi) is 4.15. The van der Waals surface area contributed by atoms with Crippen LogP contribution in [0.1, 0.15) is 45.2 Å². The standard InChI is InChI=1S/C14H21N3O2S/c1-6-18-11(14(3,4)5)12-16-13(19-17-12)10-9(15)8(2)7-20-10/h7,11H,6,15H2,1-5H3. The molecule has 1 atom stereocenters. The van der Waals surface area contributed by atoms with Gasteiger partial charge in [-0.25, -0.2) is 0 Å². The van der Waals surface area contributed by atoms with Crippen LogP contribution in [0, 0.1) is 12.3 Å². The van der Waals surface area contributed by atoms with Crippen molar-refractivity contribution in [2.45, 2.75) is 40.7 Å². The first kappa shape index (κ1) is 15.0. The van der Waals surface area contributed by atoms with E-state index in [4.69, 9.17) is 15.0 Å². The van der Waals surface area contributed by atoms with Crippen LogP contribution >= 0.6 is 11.3 Å². The molecule has 0 aliphatic rings. The predicted octanol–water partition coefficient (Wildman–Crippen LogP) is 3.81. The van der Waals surface area contributed by atoms with Crippen molar-refractivity contribution in [2.75, 3.05) is 12.3 Å². The Morgan fingerprint density at radius 1 is 1.45 bits per heavy atom. The van der Waals surface area contributed by atoms with Gasteiger partial charge >= 0.3 is 0 Å². The maximum Gasteiger partial charge on any atom is 0.270 e. The molecule has 0 aromatic carbocycles. The Bertz CT molecular complexity index is 583. The largest absolute Gasteiger partial charge is 0.397 e. The zero-order valence-electron chi connectivity index (χ0n) is 12.6. The second-order valence-electron chi connectivity index (χ2n) is 5.82. The maximum absolute atomic E-state index is 6.02. The highest BCUT2D eigenvalue weighted by Gasteiger charge is 2.31. The van der Waals surface area contributed by atoms with Crippen LogP contribution in [0.5, 0.6) is 0 Å². The van der Waals surface area contributed by atoms with Crippen molar-refractivity contribution in [3.05, 3.63) is 16.8 Å². The van der Waals surface area contributed by atoms with Crippen LogP contribution in [0.2, 0.25) is 0 Å². The lowest BCUT2D eigenvalue weighted by Gasteiger charge is -2.27. The van der Waals surface area contributed by atoms with Crippen molar-refractivity contribution in [3.8, 4) is 10.8 Å². The van der Waals surface area contributed by atoms with Gasteiger partial charge in [0.2, 0.25) is 5.82 Å². The summed E-state index contributed by atoms with van der Waals surface area (Å²) >= 11 is 1.51. The molecule has 0 amide bonds. The second kappa shape index (κ2) is 5.54. The van der Waals surface area contributed by atoms with E-state index in [0.29, 0.717) is 24.0 Å². The summed E-state index contributed by atoms with van der Waals surface area (Å²) in [7, 11) is 0. The van der Waals surface area contributed by atoms with Crippen LogP contribution in [0.25, 0.3) is 10.8 Å². The number of aromatic nitrogens is 2. The molecule has 0 saturated carbocycles. The predicted molar refractivity (Wildman–Crippen MR) is 80.6 cm³/mol. The van der Waals surface area contributed by atoms with E-state index in [1.165, 1.54) is 11.3 Å². The second-order valence-corrected chi connectivity index (χ2v) is 6.70. The SMILES string of the molecule is CCOC(c1noc(-c2scc(C)c2N)n1)C(C)(C)C. The van der Waals surface area contributed by atoms with Crippen molar-refractivity contribution in [3.63, 3.8) is 0 Å². The van der Waals surface area contributed by atoms with E-state index < -0.39 is 0 Å². The molecule has 0 radical (unpaired) electrons. The Labute approximate surface area is 123 Å². The van der Waals surface area contributed by atoms with Gasteiger partial charge in [-0.1, -0.05) is 25.9 Å². The Morgan fingerprint density at radius 2 is 2.15 bits per heavy atom. The van der Waals surface area contributed by atoms with Crippen LogP contribution in [-0.4, -0.2) is 16.7 Å². The van der Waals surface area contributed by atoms with Gasteiger partial charge in [-0.2, -0.15) is 4.98 Å². The topological polar surface area (TPSA) is 74.2 Å². The smallest absolute Gasteiger partial charge is 0.270 e. The summed E-state index contributed by atoms with van der Waals surface area (Å²) in [6.45, 7) is 10.8. The minimum Gasteiger partial charge on any atom is -0.397 e. The summed E-state index contributed by atoms with van der Waals surface area (Å²) in [4.78, 5) is 5.29. The highest BCUT2D eigenvalue weighted by Crippen LogP contribution is 2.38. The molecule has 2 N–H and O–H groups in total. The van der Waals surface area contributed by atoms with E-state index in [1.807, 2.05) is 19.2 Å². The first-order chi connectivity index (χ1) is 9.34. The third kappa shape index (κ3) is 2.86. The van der Waals surface area contributed by atoms with E-state index in [2.05, 4.69) is 30.9 Å². The maximum atomic E-state index is 6.02. The number of rotatable bonds is 4. The average Bonchev–Trinajstić information content (AvgIpc) is 2.94. The molecule has 2 heterocycles. The molecule has 2 aromatic heterocycles. The molecule has 5 nitrogen and oxygen atoms in total. The van der Waals surface area contributed by atoms with Crippen molar-refractivity contribution in [1.29, 1.82) is 0 Å². The summed E-state index contributed by atoms with van der Waals surface area (Å²) in [5.74, 6) is 1.03. The van der Waals surface area contributed by atoms with Crippen LogP contribution in [0.3, 0.4) is 0 Å². The monoisotopic (exact) mass is 295 g/mol. The number of anilines is 1. The summed E-state index contributed by atoms with van der Waals surface area (Å²) in [5.41, 5.74) is 7.64. The highest BCUT2D eigenvalue weighted by molar-refractivity contribution is 7.14. The van der Waals surface area contributed by atoms with Crippen molar-refractivity contribution < 1.29 is 9.26 Å². The minimum absolute atomic E-state index is 0.103. The molecule has 2 rings (SSSR count). The average molecular weight is 295 g/mol. The van der Waals surface area contributed by atoms with Gasteiger partial charge in [0.25, 0.3) is 5.89 Å². The molecule has 0 spiro atoms. The van der Waals surface area contributed by atoms with Crippen molar-refractivity contribution in [2.24, 2.45) is 5.41 Å². The summed E-state index contributed by atoms with van der Waals surface area (Å²) < 4.78 is 11.1. The number of thiophene rings is 1. The lowest BCUT2D eigenvalue weighted by atomic mass is 9.88. The van der Waals surface area contributed by atoms with Crippen molar-refractivity contribution >= 4 is 17.0 Å². The van der Waals surface area contributed by atoms with Crippen LogP contribution in [0.15, 0.2) is 9.90 Å². The van der Waals surface area contributed by atoms with Gasteiger partial charge in [0, 0.05) is 6.61 Å². The fourth-order valence-corrected chi connectivity index (χ4v) is 2.82. The quantitative estimate of drug-likeness (QED) is 0.928. The number of ether oxygens (including phenoxy) is 1. The molecule has 0 bridgehead atoms. The van der Waals surface area contributed by atoms with Crippen LogP contribution in [-0.2, 0) is 4.74 Å². The van der Waals surface area contributed by atoms with E-state index >= 15 is 0 Å². The zero-order valence-corrected chi connectivity index (χ0v) is 13.4. The molecule has 2 aromatic rings. The summed E-state index contributed by atoms with van der Waals surface area (Å²) in [6.07, 6.45) is -0.202. The number of nitrogens with two attached hydrogens (primary N) is 1. The third-order valence-electron chi connectivity index (χ3n) is 3.01. The third-order valence-corrected chi connectivity index (χ3v) is 4.12. The molecule has 0 aliphatic carbocycles. The van der Waals surface area contributed by atoms with Crippen molar-refractivity contribution in [1.82, 2.24) is 10.1 Å². The molecule has 6 heteroatoms. The van der Waals surface area contributed by atoms with Gasteiger partial charge in [-0.15, -0.1) is 11.3 Å². The fraction of sp³-hybridized carbons (Fsp3) is 0.571. The number of nitrogen functional groups attached to an aromatic ring is 1. The molecule has 0 saturated heterocycles. The molecule has 20 heavy (non-hydrogen) atoms. The molecule has 1 unspecified atom stereocenters. The number of aryl methyl sites for hydroxylation is 1. The van der Waals surface area contributed by atoms with Gasteiger partial charge < -0.3 is 15.0 Å². The molecular formula is C14H21N3O2S. The van der Waals surface area contributed by atoms with Crippen LogP contribution in [0.4, 0.5) is 5.69 Å². The Hall–Kier alpha value is -1.40. The molecule has 0 aliphatic heterocycles. The Balaban J connectivity index is 2.34. The van der Waals surface area contributed by atoms with Crippen LogP contribution < -0.4 is 5.73 Å². The normalized spacial score (nSPS) is 13.7. The highest BCUT2D eigenvalue weighted by atomic mass is 32.1. The van der Waals surface area contributed by atoms with Gasteiger partial charge in [0.1, 0.15) is 11.0 Å². The van der Waals surface area contributed by atoms with Gasteiger partial charge in [0.15, 0.2) is 0 Å². The zero-order chi connectivity index (χ0) is 14.9. The van der Waals surface area contributed by atoms with Gasteiger partial charge in [-0.05, 0) is 30.2 Å². The Morgan fingerprint density at radius 3 is 2.65 bits per heavy atom. The first-order valence-corrected chi connectivity index (χ1v) is 7.51. The number of nitrogens with zero attached hydrogens (tertiary/aromatic N) is 2. The summed E-state index contributed by atoms with van der Waals surface area (Å²) in [6, 6.07) is 0.